The summed E-state index contributed by atoms with van der Waals surface area (Å²) in [5.74, 6) is 0.247. The van der Waals surface area contributed by atoms with Gasteiger partial charge in [-0.25, -0.2) is 0 Å². The quantitative estimate of drug-likeness (QED) is 0.868. The Morgan fingerprint density at radius 1 is 1.00 bits per heavy atom. The van der Waals surface area contributed by atoms with Crippen molar-refractivity contribution in [2.45, 2.75) is 47.5 Å². The number of fused-ring (bicyclic) bond motifs is 1. The summed E-state index contributed by atoms with van der Waals surface area (Å²) in [5, 5.41) is 3.59. The van der Waals surface area contributed by atoms with E-state index in [4.69, 9.17) is 4.98 Å². The first-order valence-corrected chi connectivity index (χ1v) is 8.17. The maximum Gasteiger partial charge on any atom is 0.251 e. The lowest BCUT2D eigenvalue weighted by atomic mass is 9.65. The molecule has 2 aromatic rings. The first-order chi connectivity index (χ1) is 10.6. The Kier molecular flexibility index (Phi) is 4.52. The van der Waals surface area contributed by atoms with Crippen LogP contribution in [0, 0.1) is 10.8 Å². The van der Waals surface area contributed by atoms with Crippen molar-refractivity contribution < 1.29 is 4.79 Å². The van der Waals surface area contributed by atoms with Crippen molar-refractivity contribution in [3.05, 3.63) is 41.6 Å². The number of hydrogen-bond donors (Lipinski definition) is 1. The van der Waals surface area contributed by atoms with Crippen LogP contribution in [0.1, 0.15) is 63.5 Å². The van der Waals surface area contributed by atoms with Gasteiger partial charge in [0.25, 0.3) is 5.91 Å². The summed E-state index contributed by atoms with van der Waals surface area (Å²) in [6.45, 7) is 13.6. The zero-order chi connectivity index (χ0) is 17.4. The molecule has 0 saturated heterocycles. The van der Waals surface area contributed by atoms with Gasteiger partial charge in [-0.2, -0.15) is 0 Å². The Balaban J connectivity index is 2.63. The normalized spacial score (nSPS) is 12.7. The third-order valence-corrected chi connectivity index (χ3v) is 4.25. The molecule has 0 aliphatic heterocycles. The van der Waals surface area contributed by atoms with E-state index in [1.54, 1.807) is 7.05 Å². The van der Waals surface area contributed by atoms with Crippen LogP contribution in [0.3, 0.4) is 0 Å². The lowest BCUT2D eigenvalue weighted by molar-refractivity contribution is 0.0964. The summed E-state index contributed by atoms with van der Waals surface area (Å²) < 4.78 is 0. The number of hydrogen-bond acceptors (Lipinski definition) is 2. The highest BCUT2D eigenvalue weighted by Crippen LogP contribution is 2.46. The highest BCUT2D eigenvalue weighted by molar-refractivity contribution is 6.06. The van der Waals surface area contributed by atoms with Crippen LogP contribution < -0.4 is 5.32 Å². The molecular formula is C20H28N2O. The molecular weight excluding hydrogens is 284 g/mol. The Morgan fingerprint density at radius 2 is 1.61 bits per heavy atom. The van der Waals surface area contributed by atoms with Gasteiger partial charge >= 0.3 is 0 Å². The summed E-state index contributed by atoms with van der Waals surface area (Å²) >= 11 is 0. The van der Waals surface area contributed by atoms with E-state index in [0.717, 1.165) is 16.6 Å². The number of rotatable bonds is 2. The van der Waals surface area contributed by atoms with Crippen LogP contribution >= 0.6 is 0 Å². The molecule has 1 amide bonds. The second-order valence-corrected chi connectivity index (χ2v) is 8.35. The Labute approximate surface area is 139 Å². The molecule has 0 spiro atoms. The molecule has 1 aromatic heterocycles. The number of carbonyl (C=O) groups excluding carboxylic acids is 1. The molecule has 1 N–H and O–H groups in total. The van der Waals surface area contributed by atoms with E-state index in [1.165, 1.54) is 0 Å². The fourth-order valence-corrected chi connectivity index (χ4v) is 3.85. The molecule has 124 valence electrons. The van der Waals surface area contributed by atoms with Crippen LogP contribution in [0.15, 0.2) is 30.3 Å². The monoisotopic (exact) mass is 312 g/mol. The van der Waals surface area contributed by atoms with Gasteiger partial charge < -0.3 is 5.32 Å². The Morgan fingerprint density at radius 3 is 2.13 bits per heavy atom. The summed E-state index contributed by atoms with van der Waals surface area (Å²) in [7, 11) is 1.65. The molecule has 0 fully saturated rings. The van der Waals surface area contributed by atoms with Gasteiger partial charge in [-0.3, -0.25) is 9.78 Å². The van der Waals surface area contributed by atoms with Crippen molar-refractivity contribution in [3.8, 4) is 0 Å². The molecule has 0 bridgehead atoms. The van der Waals surface area contributed by atoms with Crippen LogP contribution in [0.4, 0.5) is 0 Å². The van der Waals surface area contributed by atoms with Crippen molar-refractivity contribution in [3.63, 3.8) is 0 Å². The van der Waals surface area contributed by atoms with Gasteiger partial charge in [0.15, 0.2) is 0 Å². The number of benzene rings is 1. The van der Waals surface area contributed by atoms with Gasteiger partial charge in [-0.05, 0) is 29.0 Å². The van der Waals surface area contributed by atoms with Crippen molar-refractivity contribution in [1.29, 1.82) is 0 Å². The van der Waals surface area contributed by atoms with Crippen molar-refractivity contribution in [2.75, 3.05) is 7.05 Å². The molecule has 0 unspecified atom stereocenters. The molecule has 1 aromatic carbocycles. The minimum atomic E-state index is -0.0756. The minimum absolute atomic E-state index is 0.0756. The lowest BCUT2D eigenvalue weighted by Crippen LogP contribution is -2.31. The molecule has 3 heteroatoms. The van der Waals surface area contributed by atoms with Gasteiger partial charge in [0.05, 0.1) is 5.52 Å². The van der Waals surface area contributed by atoms with E-state index < -0.39 is 0 Å². The first kappa shape index (κ1) is 17.5. The molecule has 0 saturated carbocycles. The van der Waals surface area contributed by atoms with Crippen molar-refractivity contribution >= 4 is 16.8 Å². The van der Waals surface area contributed by atoms with Gasteiger partial charge in [0.1, 0.15) is 0 Å². The highest BCUT2D eigenvalue weighted by atomic mass is 16.1. The summed E-state index contributed by atoms with van der Waals surface area (Å²) in [4.78, 5) is 16.9. The van der Waals surface area contributed by atoms with Crippen LogP contribution in [0.25, 0.3) is 10.9 Å². The fourth-order valence-electron chi connectivity index (χ4n) is 3.85. The standard InChI is InChI=1S/C20H28N2O/c1-19(2,3)17(20(4,5)6)16-12-11-13-14(18(23)21-7)9-8-10-15(13)22-16/h8-12,17H,1-7H3,(H,21,23). The maximum atomic E-state index is 12.0. The molecule has 1 heterocycles. The largest absolute Gasteiger partial charge is 0.355 e. The van der Waals surface area contributed by atoms with Gasteiger partial charge in [0.2, 0.25) is 0 Å². The van der Waals surface area contributed by atoms with Crippen LogP contribution in [0.2, 0.25) is 0 Å². The molecule has 23 heavy (non-hydrogen) atoms. The van der Waals surface area contributed by atoms with E-state index in [-0.39, 0.29) is 16.7 Å². The van der Waals surface area contributed by atoms with Crippen molar-refractivity contribution in [2.24, 2.45) is 10.8 Å². The number of amides is 1. The third kappa shape index (κ3) is 3.54. The summed E-state index contributed by atoms with van der Waals surface area (Å²) in [6, 6.07) is 9.83. The average molecular weight is 312 g/mol. The molecule has 3 nitrogen and oxygen atoms in total. The maximum absolute atomic E-state index is 12.0. The zero-order valence-corrected chi connectivity index (χ0v) is 15.3. The predicted octanol–water partition coefficient (Wildman–Crippen LogP) is 4.77. The van der Waals surface area contributed by atoms with Crippen LogP contribution in [-0.2, 0) is 0 Å². The topological polar surface area (TPSA) is 42.0 Å². The molecule has 0 atom stereocenters. The Bertz CT molecular complexity index is 706. The summed E-state index contributed by atoms with van der Waals surface area (Å²) in [5.41, 5.74) is 2.86. The van der Waals surface area contributed by atoms with E-state index in [9.17, 15) is 4.79 Å². The summed E-state index contributed by atoms with van der Waals surface area (Å²) in [6.07, 6.45) is 0. The fraction of sp³-hybridized carbons (Fsp3) is 0.500. The number of aromatic nitrogens is 1. The predicted molar refractivity (Wildman–Crippen MR) is 96.8 cm³/mol. The van der Waals surface area contributed by atoms with E-state index >= 15 is 0 Å². The van der Waals surface area contributed by atoms with E-state index in [0.29, 0.717) is 11.5 Å². The average Bonchev–Trinajstić information content (AvgIpc) is 2.42. The third-order valence-electron chi connectivity index (χ3n) is 4.25. The lowest BCUT2D eigenvalue weighted by Gasteiger charge is -2.40. The second-order valence-electron chi connectivity index (χ2n) is 8.35. The number of pyridine rings is 1. The van der Waals surface area contributed by atoms with Crippen LogP contribution in [-0.4, -0.2) is 17.9 Å². The number of nitrogens with zero attached hydrogens (tertiary/aromatic N) is 1. The number of carbonyl (C=O) groups is 1. The minimum Gasteiger partial charge on any atom is -0.355 e. The molecule has 2 rings (SSSR count). The van der Waals surface area contributed by atoms with Gasteiger partial charge in [0, 0.05) is 29.6 Å². The van der Waals surface area contributed by atoms with Crippen molar-refractivity contribution in [1.82, 2.24) is 10.3 Å². The number of nitrogens with one attached hydrogen (secondary N) is 1. The van der Waals surface area contributed by atoms with Crippen LogP contribution in [0.5, 0.6) is 0 Å². The molecule has 0 aliphatic carbocycles. The zero-order valence-electron chi connectivity index (χ0n) is 15.3. The molecule has 0 radical (unpaired) electrons. The van der Waals surface area contributed by atoms with E-state index in [1.807, 2.05) is 24.3 Å². The Hall–Kier alpha value is -1.90. The second kappa shape index (κ2) is 5.95. The molecule has 0 aliphatic rings. The SMILES string of the molecule is CNC(=O)c1cccc2nc(C(C(C)(C)C)C(C)(C)C)ccc12. The van der Waals surface area contributed by atoms with E-state index in [2.05, 4.69) is 52.9 Å². The van der Waals surface area contributed by atoms with Gasteiger partial charge in [-0.15, -0.1) is 0 Å². The smallest absolute Gasteiger partial charge is 0.251 e. The first-order valence-electron chi connectivity index (χ1n) is 8.17. The highest BCUT2D eigenvalue weighted by Gasteiger charge is 2.37. The van der Waals surface area contributed by atoms with Gasteiger partial charge in [-0.1, -0.05) is 53.7 Å².